The molecule has 1 rings (SSSR count). The molecule has 1 fully saturated rings. The van der Waals surface area contributed by atoms with Gasteiger partial charge in [0.1, 0.15) is 0 Å². The van der Waals surface area contributed by atoms with Gasteiger partial charge in [-0.05, 0) is 24.2 Å². The van der Waals surface area contributed by atoms with Gasteiger partial charge < -0.3 is 0 Å². The highest BCUT2D eigenvalue weighted by Crippen LogP contribution is 2.39. The lowest BCUT2D eigenvalue weighted by molar-refractivity contribution is 0.236. The first-order valence-electron chi connectivity index (χ1n) is 5.16. The lowest BCUT2D eigenvalue weighted by atomic mass is 9.78. The summed E-state index contributed by atoms with van der Waals surface area (Å²) in [5, 5.41) is 0. The molecule has 0 amide bonds. The van der Waals surface area contributed by atoms with Crippen LogP contribution in [0.3, 0.4) is 0 Å². The van der Waals surface area contributed by atoms with Crippen LogP contribution in [-0.2, 0) is 0 Å². The van der Waals surface area contributed by atoms with Crippen molar-refractivity contribution in [3.8, 4) is 0 Å². The fraction of sp³-hybridized carbons (Fsp3) is 1.00. The molecule has 66 valence electrons. The molecule has 0 bridgehead atoms. The molecule has 0 N–H and O–H groups in total. The highest BCUT2D eigenvalue weighted by molar-refractivity contribution is 4.78. The topological polar surface area (TPSA) is 0 Å². The molecule has 2 atom stereocenters. The van der Waals surface area contributed by atoms with Crippen molar-refractivity contribution in [1.82, 2.24) is 0 Å². The molecule has 11 heavy (non-hydrogen) atoms. The monoisotopic (exact) mass is 154 g/mol. The zero-order valence-corrected chi connectivity index (χ0v) is 8.32. The summed E-state index contributed by atoms with van der Waals surface area (Å²) in [6.07, 6.45) is 8.70. The summed E-state index contributed by atoms with van der Waals surface area (Å²) in [6, 6.07) is 0. The van der Waals surface area contributed by atoms with Crippen LogP contribution in [-0.4, -0.2) is 0 Å². The summed E-state index contributed by atoms with van der Waals surface area (Å²) >= 11 is 0. The Hall–Kier alpha value is 0. The van der Waals surface area contributed by atoms with Crippen molar-refractivity contribution >= 4 is 0 Å². The maximum atomic E-state index is 2.47. The van der Waals surface area contributed by atoms with E-state index >= 15 is 0 Å². The molecule has 0 aliphatic heterocycles. The molecule has 0 nitrogen and oxygen atoms in total. The Balaban J connectivity index is 2.51. The summed E-state index contributed by atoms with van der Waals surface area (Å²) in [7, 11) is 0. The number of hydrogen-bond acceptors (Lipinski definition) is 0. The number of rotatable bonds is 1. The lowest BCUT2D eigenvalue weighted by Gasteiger charge is -2.28. The first-order chi connectivity index (χ1) is 5.16. The Kier molecular flexibility index (Phi) is 2.98. The largest absolute Gasteiger partial charge is 0.0649 e. The maximum absolute atomic E-state index is 2.47. The minimum absolute atomic E-state index is 0.677. The van der Waals surface area contributed by atoms with Crippen LogP contribution in [0.5, 0.6) is 0 Å². The van der Waals surface area contributed by atoms with Gasteiger partial charge in [0.15, 0.2) is 0 Å². The fourth-order valence-corrected chi connectivity index (χ4v) is 2.41. The highest BCUT2D eigenvalue weighted by atomic mass is 14.3. The average molecular weight is 154 g/mol. The van der Waals surface area contributed by atoms with Crippen LogP contribution < -0.4 is 0 Å². The van der Waals surface area contributed by atoms with Gasteiger partial charge in [-0.25, -0.2) is 0 Å². The third-order valence-electron chi connectivity index (χ3n) is 3.42. The molecular weight excluding hydrogens is 132 g/mol. The van der Waals surface area contributed by atoms with E-state index in [1.54, 1.807) is 0 Å². The Labute approximate surface area is 71.4 Å². The van der Waals surface area contributed by atoms with Crippen molar-refractivity contribution in [1.29, 1.82) is 0 Å². The minimum Gasteiger partial charge on any atom is -0.0649 e. The van der Waals surface area contributed by atoms with E-state index in [1.807, 2.05) is 0 Å². The van der Waals surface area contributed by atoms with Crippen LogP contribution in [0.4, 0.5) is 0 Å². The van der Waals surface area contributed by atoms with Crippen LogP contribution >= 0.6 is 0 Å². The number of hydrogen-bond donors (Lipinski definition) is 0. The van der Waals surface area contributed by atoms with Crippen molar-refractivity contribution < 1.29 is 0 Å². The van der Waals surface area contributed by atoms with Gasteiger partial charge in [0.2, 0.25) is 0 Å². The van der Waals surface area contributed by atoms with Crippen molar-refractivity contribution in [3.05, 3.63) is 0 Å². The van der Waals surface area contributed by atoms with Crippen molar-refractivity contribution in [3.63, 3.8) is 0 Å². The first-order valence-corrected chi connectivity index (χ1v) is 5.16. The molecule has 0 aromatic carbocycles. The van der Waals surface area contributed by atoms with E-state index in [9.17, 15) is 0 Å². The first kappa shape index (κ1) is 9.09. The summed E-state index contributed by atoms with van der Waals surface area (Å²) in [6.45, 7) is 7.23. The van der Waals surface area contributed by atoms with Crippen LogP contribution in [0, 0.1) is 11.3 Å². The molecule has 0 heterocycles. The Morgan fingerprint density at radius 2 is 2.09 bits per heavy atom. The molecule has 1 aliphatic carbocycles. The standard InChI is InChI=1S/C11H22/c1-4-11(3)8-6-5-7-10(2)9-11/h10H,4-9H2,1-3H3. The van der Waals surface area contributed by atoms with Gasteiger partial charge in [-0.2, -0.15) is 0 Å². The quantitative estimate of drug-likeness (QED) is 0.501. The van der Waals surface area contributed by atoms with Gasteiger partial charge in [-0.15, -0.1) is 0 Å². The minimum atomic E-state index is 0.677. The second-order valence-corrected chi connectivity index (χ2v) is 4.72. The third kappa shape index (κ3) is 2.50. The molecule has 0 saturated heterocycles. The van der Waals surface area contributed by atoms with E-state index < -0.39 is 0 Å². The van der Waals surface area contributed by atoms with E-state index in [0.29, 0.717) is 5.41 Å². The second kappa shape index (κ2) is 3.60. The Morgan fingerprint density at radius 1 is 1.36 bits per heavy atom. The van der Waals surface area contributed by atoms with Crippen molar-refractivity contribution in [2.45, 2.75) is 59.3 Å². The van der Waals surface area contributed by atoms with Crippen LogP contribution in [0.2, 0.25) is 0 Å². The highest BCUT2D eigenvalue weighted by Gasteiger charge is 2.26. The predicted octanol–water partition coefficient (Wildman–Crippen LogP) is 4.00. The second-order valence-electron chi connectivity index (χ2n) is 4.72. The van der Waals surface area contributed by atoms with E-state index in [2.05, 4.69) is 20.8 Å². The molecule has 0 radical (unpaired) electrons. The van der Waals surface area contributed by atoms with E-state index in [-0.39, 0.29) is 0 Å². The zero-order valence-electron chi connectivity index (χ0n) is 8.32. The van der Waals surface area contributed by atoms with Crippen molar-refractivity contribution in [2.75, 3.05) is 0 Å². The average Bonchev–Trinajstić information content (AvgIpc) is 2.13. The molecule has 1 saturated carbocycles. The summed E-state index contributed by atoms with van der Waals surface area (Å²) in [4.78, 5) is 0. The summed E-state index contributed by atoms with van der Waals surface area (Å²) in [5.74, 6) is 0.974. The molecule has 0 spiro atoms. The van der Waals surface area contributed by atoms with Crippen LogP contribution in [0.25, 0.3) is 0 Å². The van der Waals surface area contributed by atoms with Gasteiger partial charge in [0.05, 0.1) is 0 Å². The van der Waals surface area contributed by atoms with E-state index in [1.165, 1.54) is 38.5 Å². The molecule has 1 aliphatic rings. The summed E-state index contributed by atoms with van der Waals surface area (Å²) in [5.41, 5.74) is 0.677. The smallest absolute Gasteiger partial charge is 0.0326 e. The molecular formula is C11H22. The van der Waals surface area contributed by atoms with Gasteiger partial charge in [-0.3, -0.25) is 0 Å². The van der Waals surface area contributed by atoms with Gasteiger partial charge in [0, 0.05) is 0 Å². The zero-order chi connectivity index (χ0) is 8.32. The normalized spacial score (nSPS) is 40.1. The molecule has 0 aromatic rings. The lowest BCUT2D eigenvalue weighted by Crippen LogP contribution is -2.16. The fourth-order valence-electron chi connectivity index (χ4n) is 2.41. The molecule has 0 aromatic heterocycles. The summed E-state index contributed by atoms with van der Waals surface area (Å²) < 4.78 is 0. The Morgan fingerprint density at radius 3 is 2.73 bits per heavy atom. The SMILES string of the molecule is CCC1(C)CCCCC(C)C1. The molecule has 2 unspecified atom stereocenters. The van der Waals surface area contributed by atoms with Gasteiger partial charge in [0.25, 0.3) is 0 Å². The van der Waals surface area contributed by atoms with E-state index in [4.69, 9.17) is 0 Å². The predicted molar refractivity (Wildman–Crippen MR) is 50.6 cm³/mol. The van der Waals surface area contributed by atoms with E-state index in [0.717, 1.165) is 5.92 Å². The Bertz CT molecular complexity index is 117. The van der Waals surface area contributed by atoms with Gasteiger partial charge >= 0.3 is 0 Å². The van der Waals surface area contributed by atoms with Crippen LogP contribution in [0.1, 0.15) is 59.3 Å². The van der Waals surface area contributed by atoms with Gasteiger partial charge in [-0.1, -0.05) is 46.5 Å². The maximum Gasteiger partial charge on any atom is -0.0326 e. The third-order valence-corrected chi connectivity index (χ3v) is 3.42. The van der Waals surface area contributed by atoms with Crippen LogP contribution in [0.15, 0.2) is 0 Å². The van der Waals surface area contributed by atoms with Crippen molar-refractivity contribution in [2.24, 2.45) is 11.3 Å². The molecule has 0 heteroatoms.